The highest BCUT2D eigenvalue weighted by atomic mass is 32.1. The summed E-state index contributed by atoms with van der Waals surface area (Å²) < 4.78 is 0. The van der Waals surface area contributed by atoms with Gasteiger partial charge in [-0.15, -0.1) is 11.3 Å². The molecule has 0 saturated carbocycles. The van der Waals surface area contributed by atoms with E-state index in [-0.39, 0.29) is 0 Å². The van der Waals surface area contributed by atoms with E-state index in [4.69, 9.17) is 0 Å². The monoisotopic (exact) mass is 246 g/mol. The highest BCUT2D eigenvalue weighted by molar-refractivity contribution is 7.17. The maximum Gasteiger partial charge on any atom is 0.160 e. The van der Waals surface area contributed by atoms with Crippen molar-refractivity contribution in [3.05, 3.63) is 47.1 Å². The normalized spacial score (nSPS) is 10.2. The van der Waals surface area contributed by atoms with Crippen LogP contribution in [-0.4, -0.2) is 17.8 Å². The smallest absolute Gasteiger partial charge is 0.160 e. The van der Waals surface area contributed by atoms with Gasteiger partial charge in [0.05, 0.1) is 22.1 Å². The number of thiophene rings is 1. The molecule has 0 spiro atoms. The predicted octanol–water partition coefficient (Wildman–Crippen LogP) is 2.98. The fraction of sp³-hybridized carbons (Fsp3) is 0.231. The first-order valence-corrected chi connectivity index (χ1v) is 6.35. The van der Waals surface area contributed by atoms with E-state index in [9.17, 15) is 4.79 Å². The molecule has 2 aromatic heterocycles. The molecule has 2 rings (SSSR count). The highest BCUT2D eigenvalue weighted by Gasteiger charge is 2.08. The van der Waals surface area contributed by atoms with E-state index >= 15 is 0 Å². The molecule has 2 aromatic rings. The Kier molecular flexibility index (Phi) is 3.88. The van der Waals surface area contributed by atoms with E-state index in [1.165, 1.54) is 11.3 Å². The van der Waals surface area contributed by atoms with Crippen LogP contribution in [0, 0.1) is 0 Å². The van der Waals surface area contributed by atoms with Crippen LogP contribution in [-0.2, 0) is 6.54 Å². The molecule has 88 valence electrons. The summed E-state index contributed by atoms with van der Waals surface area (Å²) in [5, 5.41) is 1.11. The molecule has 0 aliphatic carbocycles. The zero-order chi connectivity index (χ0) is 12.1. The highest BCUT2D eigenvalue weighted by Crippen LogP contribution is 2.25. The van der Waals surface area contributed by atoms with Crippen molar-refractivity contribution >= 4 is 22.6 Å². The molecule has 4 heteroatoms. The Labute approximate surface area is 105 Å². The molecule has 0 saturated heterocycles. The lowest BCUT2D eigenvalue weighted by molar-refractivity contribution is 0.112. The Morgan fingerprint density at radius 2 is 2.24 bits per heavy atom. The first kappa shape index (κ1) is 11.8. The third-order valence-corrected chi connectivity index (χ3v) is 3.57. The molecule has 3 nitrogen and oxygen atoms in total. The fourth-order valence-electron chi connectivity index (χ4n) is 1.61. The van der Waals surface area contributed by atoms with E-state index in [2.05, 4.69) is 16.8 Å². The van der Waals surface area contributed by atoms with Gasteiger partial charge in [-0.2, -0.15) is 0 Å². The van der Waals surface area contributed by atoms with E-state index in [0.717, 1.165) is 34.9 Å². The third kappa shape index (κ3) is 2.91. The van der Waals surface area contributed by atoms with Crippen molar-refractivity contribution in [2.24, 2.45) is 0 Å². The molecule has 0 unspecified atom stereocenters. The summed E-state index contributed by atoms with van der Waals surface area (Å²) in [6.07, 6.45) is 2.69. The Morgan fingerprint density at radius 3 is 2.82 bits per heavy atom. The number of nitrogens with zero attached hydrogens (tertiary/aromatic N) is 2. The lowest BCUT2D eigenvalue weighted by Crippen LogP contribution is -2.21. The van der Waals surface area contributed by atoms with Crippen molar-refractivity contribution in [2.45, 2.75) is 13.5 Å². The van der Waals surface area contributed by atoms with Gasteiger partial charge in [-0.25, -0.2) is 0 Å². The number of carbonyl (C=O) groups is 1. The Bertz CT molecular complexity index is 481. The molecule has 0 aliphatic rings. The Balaban J connectivity index is 2.14. The average molecular weight is 246 g/mol. The van der Waals surface area contributed by atoms with E-state index in [1.807, 2.05) is 30.3 Å². The Morgan fingerprint density at radius 1 is 1.35 bits per heavy atom. The minimum absolute atomic E-state index is 0.763. The SMILES string of the molecule is CCN(Cc1ccccn1)c1ccc(C=O)s1. The molecule has 17 heavy (non-hydrogen) atoms. The molecule has 0 amide bonds. The number of hydrogen-bond donors (Lipinski definition) is 0. The molecule has 0 bridgehead atoms. The molecule has 0 aliphatic heterocycles. The van der Waals surface area contributed by atoms with E-state index in [1.54, 1.807) is 6.20 Å². The summed E-state index contributed by atoms with van der Waals surface area (Å²) in [7, 11) is 0. The summed E-state index contributed by atoms with van der Waals surface area (Å²) in [4.78, 5) is 18.0. The van der Waals surface area contributed by atoms with Crippen LogP contribution in [0.15, 0.2) is 36.5 Å². The van der Waals surface area contributed by atoms with Crippen LogP contribution < -0.4 is 4.90 Å². The summed E-state index contributed by atoms with van der Waals surface area (Å²) in [5.74, 6) is 0. The fourth-order valence-corrected chi connectivity index (χ4v) is 2.49. The van der Waals surface area contributed by atoms with Crippen LogP contribution in [0.3, 0.4) is 0 Å². The molecule has 0 atom stereocenters. The van der Waals surface area contributed by atoms with Gasteiger partial charge in [-0.3, -0.25) is 9.78 Å². The number of aldehydes is 1. The number of rotatable bonds is 5. The maximum atomic E-state index is 10.7. The maximum absolute atomic E-state index is 10.7. The molecule has 0 fully saturated rings. The molecule has 0 N–H and O–H groups in total. The number of pyridine rings is 1. The minimum atomic E-state index is 0.763. The van der Waals surface area contributed by atoms with Crippen LogP contribution >= 0.6 is 11.3 Å². The summed E-state index contributed by atoms with van der Waals surface area (Å²) in [6.45, 7) is 3.77. The largest absolute Gasteiger partial charge is 0.358 e. The van der Waals surface area contributed by atoms with Gasteiger partial charge in [0.1, 0.15) is 0 Å². The molecular weight excluding hydrogens is 232 g/mol. The van der Waals surface area contributed by atoms with Crippen LogP contribution in [0.1, 0.15) is 22.3 Å². The van der Waals surface area contributed by atoms with Crippen LogP contribution in [0.25, 0.3) is 0 Å². The van der Waals surface area contributed by atoms with Crippen molar-refractivity contribution in [1.29, 1.82) is 0 Å². The second-order valence-electron chi connectivity index (χ2n) is 3.63. The second-order valence-corrected chi connectivity index (χ2v) is 4.72. The average Bonchev–Trinajstić information content (AvgIpc) is 2.86. The summed E-state index contributed by atoms with van der Waals surface area (Å²) in [5.41, 5.74) is 1.04. The minimum Gasteiger partial charge on any atom is -0.358 e. The Hall–Kier alpha value is -1.68. The van der Waals surface area contributed by atoms with Gasteiger partial charge >= 0.3 is 0 Å². The topological polar surface area (TPSA) is 33.2 Å². The summed E-state index contributed by atoms with van der Waals surface area (Å²) >= 11 is 1.51. The number of hydrogen-bond acceptors (Lipinski definition) is 4. The van der Waals surface area contributed by atoms with Gasteiger partial charge in [-0.1, -0.05) is 6.07 Å². The van der Waals surface area contributed by atoms with Crippen molar-refractivity contribution in [3.63, 3.8) is 0 Å². The predicted molar refractivity (Wildman–Crippen MR) is 70.7 cm³/mol. The van der Waals surface area contributed by atoms with Gasteiger partial charge in [0.15, 0.2) is 6.29 Å². The standard InChI is InChI=1S/C13H14N2OS/c1-2-15(9-11-5-3-4-8-14-11)13-7-6-12(10-16)17-13/h3-8,10H,2,9H2,1H3. The van der Waals surface area contributed by atoms with Gasteiger partial charge in [0, 0.05) is 12.7 Å². The summed E-state index contributed by atoms with van der Waals surface area (Å²) in [6, 6.07) is 9.75. The van der Waals surface area contributed by atoms with Crippen LogP contribution in [0.5, 0.6) is 0 Å². The third-order valence-electron chi connectivity index (χ3n) is 2.50. The van der Waals surface area contributed by atoms with Crippen molar-refractivity contribution in [3.8, 4) is 0 Å². The zero-order valence-electron chi connectivity index (χ0n) is 9.67. The van der Waals surface area contributed by atoms with E-state index < -0.39 is 0 Å². The van der Waals surface area contributed by atoms with Crippen LogP contribution in [0.2, 0.25) is 0 Å². The molecular formula is C13H14N2OS. The first-order chi connectivity index (χ1) is 8.33. The van der Waals surface area contributed by atoms with Gasteiger partial charge in [-0.05, 0) is 31.2 Å². The van der Waals surface area contributed by atoms with Crippen molar-refractivity contribution in [1.82, 2.24) is 4.98 Å². The van der Waals surface area contributed by atoms with E-state index in [0.29, 0.717) is 0 Å². The zero-order valence-corrected chi connectivity index (χ0v) is 10.5. The van der Waals surface area contributed by atoms with Gasteiger partial charge in [0.25, 0.3) is 0 Å². The number of aromatic nitrogens is 1. The van der Waals surface area contributed by atoms with Crippen LogP contribution in [0.4, 0.5) is 5.00 Å². The molecule has 0 aromatic carbocycles. The lowest BCUT2D eigenvalue weighted by Gasteiger charge is -2.20. The lowest BCUT2D eigenvalue weighted by atomic mass is 10.3. The molecule has 2 heterocycles. The van der Waals surface area contributed by atoms with Crippen molar-refractivity contribution < 1.29 is 4.79 Å². The van der Waals surface area contributed by atoms with Gasteiger partial charge in [0.2, 0.25) is 0 Å². The second kappa shape index (κ2) is 5.59. The quantitative estimate of drug-likeness (QED) is 0.760. The first-order valence-electron chi connectivity index (χ1n) is 5.53. The molecule has 0 radical (unpaired) electrons. The van der Waals surface area contributed by atoms with Gasteiger partial charge < -0.3 is 4.90 Å². The number of anilines is 1. The number of carbonyl (C=O) groups excluding carboxylic acids is 1. The van der Waals surface area contributed by atoms with Crippen molar-refractivity contribution in [2.75, 3.05) is 11.4 Å².